The van der Waals surface area contributed by atoms with Crippen LogP contribution in [-0.2, 0) is 0 Å². The molecule has 1 heterocycles. The molecule has 0 spiro atoms. The number of rotatable bonds is 5. The molecule has 0 amide bonds. The Kier molecular flexibility index (Phi) is 5.74. The van der Waals surface area contributed by atoms with E-state index < -0.39 is 0 Å². The van der Waals surface area contributed by atoms with Crippen LogP contribution in [0.15, 0.2) is 36.5 Å². The van der Waals surface area contributed by atoms with E-state index in [2.05, 4.69) is 24.9 Å². The van der Waals surface area contributed by atoms with Crippen LogP contribution in [0.1, 0.15) is 60.9 Å². The highest BCUT2D eigenvalue weighted by atomic mass is 35.5. The molecule has 0 saturated heterocycles. The largest absolute Gasteiger partial charge is 0.244 e. The van der Waals surface area contributed by atoms with E-state index >= 15 is 0 Å². The summed E-state index contributed by atoms with van der Waals surface area (Å²) < 4.78 is 0. The zero-order valence-corrected chi connectivity index (χ0v) is 14.0. The first-order valence-corrected chi connectivity index (χ1v) is 7.98. The van der Waals surface area contributed by atoms with Gasteiger partial charge < -0.3 is 0 Å². The molecule has 0 bridgehead atoms. The molecule has 2 rings (SSSR count). The molecule has 0 radical (unpaired) electrons. The van der Waals surface area contributed by atoms with Crippen molar-refractivity contribution in [2.45, 2.75) is 38.5 Å². The molecule has 0 aliphatic carbocycles. The molecular formula is C19H18ClN3. The third-order valence-corrected chi connectivity index (χ3v) is 4.47. The number of nitrogens with zero attached hydrogens (tertiary/aromatic N) is 3. The summed E-state index contributed by atoms with van der Waals surface area (Å²) in [4.78, 5) is 4.10. The molecule has 4 heteroatoms. The minimum absolute atomic E-state index is 0.272. The summed E-state index contributed by atoms with van der Waals surface area (Å²) in [5.74, 6) is 0.751. The Morgan fingerprint density at radius 1 is 1.00 bits per heavy atom. The first-order valence-electron chi connectivity index (χ1n) is 7.60. The first-order chi connectivity index (χ1) is 11.0. The fraction of sp³-hybridized carbons (Fsp3) is 0.316. The monoisotopic (exact) mass is 323 g/mol. The predicted octanol–water partition coefficient (Wildman–Crippen LogP) is 5.17. The van der Waals surface area contributed by atoms with Gasteiger partial charge in [0, 0.05) is 6.20 Å². The van der Waals surface area contributed by atoms with Gasteiger partial charge in [-0.1, -0.05) is 37.6 Å². The molecule has 0 saturated carbocycles. The average Bonchev–Trinajstić information content (AvgIpc) is 2.59. The van der Waals surface area contributed by atoms with Crippen LogP contribution in [0.5, 0.6) is 0 Å². The maximum atomic E-state index is 8.87. The van der Waals surface area contributed by atoms with Gasteiger partial charge in [-0.05, 0) is 54.0 Å². The summed E-state index contributed by atoms with van der Waals surface area (Å²) in [5, 5.41) is 18.1. The molecule has 3 nitrogen and oxygen atoms in total. The van der Waals surface area contributed by atoms with Gasteiger partial charge >= 0.3 is 0 Å². The van der Waals surface area contributed by atoms with Crippen LogP contribution < -0.4 is 0 Å². The van der Waals surface area contributed by atoms with E-state index in [1.807, 2.05) is 36.4 Å². The van der Waals surface area contributed by atoms with E-state index in [1.54, 1.807) is 6.20 Å². The van der Waals surface area contributed by atoms with Crippen molar-refractivity contribution >= 4 is 11.6 Å². The third-order valence-electron chi connectivity index (χ3n) is 4.18. The average molecular weight is 324 g/mol. The number of benzene rings is 1. The minimum atomic E-state index is 0.272. The van der Waals surface area contributed by atoms with Crippen molar-refractivity contribution in [3.8, 4) is 12.1 Å². The molecule has 1 aromatic carbocycles. The van der Waals surface area contributed by atoms with Crippen LogP contribution in [0.4, 0.5) is 0 Å². The summed E-state index contributed by atoms with van der Waals surface area (Å²) >= 11 is 6.05. The van der Waals surface area contributed by atoms with Crippen molar-refractivity contribution < 1.29 is 0 Å². The fourth-order valence-corrected chi connectivity index (χ4v) is 2.74. The summed E-state index contributed by atoms with van der Waals surface area (Å²) in [7, 11) is 0. The lowest BCUT2D eigenvalue weighted by Gasteiger charge is -2.16. The van der Waals surface area contributed by atoms with Crippen molar-refractivity contribution in [2.24, 2.45) is 0 Å². The summed E-state index contributed by atoms with van der Waals surface area (Å²) in [6.45, 7) is 4.34. The smallest absolute Gasteiger partial charge is 0.159 e. The van der Waals surface area contributed by atoms with Gasteiger partial charge in [-0.2, -0.15) is 10.5 Å². The van der Waals surface area contributed by atoms with E-state index in [0.717, 1.165) is 18.4 Å². The molecule has 0 fully saturated rings. The quantitative estimate of drug-likeness (QED) is 0.763. The normalized spacial score (nSPS) is 12.9. The predicted molar refractivity (Wildman–Crippen MR) is 91.2 cm³/mol. The maximum Gasteiger partial charge on any atom is 0.159 e. The van der Waals surface area contributed by atoms with E-state index in [9.17, 15) is 0 Å². The molecule has 116 valence electrons. The number of pyridine rings is 1. The Labute approximate surface area is 142 Å². The van der Waals surface area contributed by atoms with Crippen LogP contribution in [-0.4, -0.2) is 4.98 Å². The number of hydrogen-bond acceptors (Lipinski definition) is 3. The van der Waals surface area contributed by atoms with Gasteiger partial charge in [-0.15, -0.1) is 0 Å². The SMILES string of the molecule is CC(CCC(C)c1cnc(C#N)c(Cl)c1)c1ccc(C#N)cc1. The molecule has 0 N–H and O–H groups in total. The standard InChI is InChI=1S/C19H18ClN3/c1-13(16-7-5-15(10-21)6-8-16)3-4-14(2)17-9-18(20)19(11-22)23-12-17/h5-9,12-14H,3-4H2,1-2H3. The summed E-state index contributed by atoms with van der Waals surface area (Å²) in [6.07, 6.45) is 3.78. The summed E-state index contributed by atoms with van der Waals surface area (Å²) in [6, 6.07) is 13.7. The highest BCUT2D eigenvalue weighted by molar-refractivity contribution is 6.31. The van der Waals surface area contributed by atoms with Gasteiger partial charge in [-0.25, -0.2) is 4.98 Å². The molecule has 0 aliphatic heterocycles. The Morgan fingerprint density at radius 3 is 2.13 bits per heavy atom. The zero-order valence-electron chi connectivity index (χ0n) is 13.3. The molecule has 2 aromatic rings. The Bertz CT molecular complexity index is 754. The van der Waals surface area contributed by atoms with Crippen LogP contribution in [0.3, 0.4) is 0 Å². The number of hydrogen-bond donors (Lipinski definition) is 0. The first kappa shape index (κ1) is 17.0. The molecule has 23 heavy (non-hydrogen) atoms. The Hall–Kier alpha value is -2.36. The van der Waals surface area contributed by atoms with Gasteiger partial charge in [0.15, 0.2) is 5.69 Å². The van der Waals surface area contributed by atoms with Crippen LogP contribution in [0.2, 0.25) is 5.02 Å². The highest BCUT2D eigenvalue weighted by Gasteiger charge is 2.12. The number of nitriles is 2. The Morgan fingerprint density at radius 2 is 1.61 bits per heavy atom. The van der Waals surface area contributed by atoms with E-state index in [-0.39, 0.29) is 5.69 Å². The number of halogens is 1. The second-order valence-electron chi connectivity index (χ2n) is 5.82. The van der Waals surface area contributed by atoms with Gasteiger partial charge in [0.1, 0.15) is 6.07 Å². The van der Waals surface area contributed by atoms with Crippen LogP contribution in [0, 0.1) is 22.7 Å². The van der Waals surface area contributed by atoms with Crippen molar-refractivity contribution in [1.29, 1.82) is 10.5 Å². The molecule has 1 aromatic heterocycles. The van der Waals surface area contributed by atoms with Crippen LogP contribution in [0.25, 0.3) is 0 Å². The molecule has 0 aliphatic rings. The van der Waals surface area contributed by atoms with Crippen molar-refractivity contribution in [1.82, 2.24) is 4.98 Å². The van der Waals surface area contributed by atoms with E-state index in [1.165, 1.54) is 5.56 Å². The topological polar surface area (TPSA) is 60.5 Å². The Balaban J connectivity index is 1.98. The molecule has 2 atom stereocenters. The summed E-state index contributed by atoms with van der Waals surface area (Å²) in [5.41, 5.74) is 3.26. The molecule has 2 unspecified atom stereocenters. The van der Waals surface area contributed by atoms with E-state index in [0.29, 0.717) is 22.4 Å². The minimum Gasteiger partial charge on any atom is -0.244 e. The lowest BCUT2D eigenvalue weighted by Crippen LogP contribution is -2.00. The third kappa shape index (κ3) is 4.31. The lowest BCUT2D eigenvalue weighted by molar-refractivity contribution is 0.573. The maximum absolute atomic E-state index is 8.87. The van der Waals surface area contributed by atoms with Crippen LogP contribution >= 0.6 is 11.6 Å². The van der Waals surface area contributed by atoms with Crippen molar-refractivity contribution in [3.63, 3.8) is 0 Å². The van der Waals surface area contributed by atoms with Crippen molar-refractivity contribution in [3.05, 3.63) is 63.9 Å². The van der Waals surface area contributed by atoms with Gasteiger partial charge in [0.05, 0.1) is 16.7 Å². The van der Waals surface area contributed by atoms with Gasteiger partial charge in [0.2, 0.25) is 0 Å². The van der Waals surface area contributed by atoms with E-state index in [4.69, 9.17) is 22.1 Å². The second-order valence-corrected chi connectivity index (χ2v) is 6.23. The fourth-order valence-electron chi connectivity index (χ4n) is 2.52. The van der Waals surface area contributed by atoms with Gasteiger partial charge in [-0.3, -0.25) is 0 Å². The zero-order chi connectivity index (χ0) is 16.8. The van der Waals surface area contributed by atoms with Gasteiger partial charge in [0.25, 0.3) is 0 Å². The second kappa shape index (κ2) is 7.77. The van der Waals surface area contributed by atoms with Crippen molar-refractivity contribution in [2.75, 3.05) is 0 Å². The highest BCUT2D eigenvalue weighted by Crippen LogP contribution is 2.29. The number of aromatic nitrogens is 1. The molecular weight excluding hydrogens is 306 g/mol. The lowest BCUT2D eigenvalue weighted by atomic mass is 9.89.